The zero-order valence-electron chi connectivity index (χ0n) is 20.5. The zero-order chi connectivity index (χ0) is 26.5. The topological polar surface area (TPSA) is 85.2 Å². The van der Waals surface area contributed by atoms with E-state index in [4.69, 9.17) is 21.7 Å². The number of non-ortho nitro benzene ring substituents is 1. The smallest absolute Gasteiger partial charge is 0.270 e. The second-order valence-electron chi connectivity index (χ2n) is 8.28. The van der Waals surface area contributed by atoms with E-state index in [0.29, 0.717) is 27.3 Å². The minimum absolute atomic E-state index is 0.0269. The number of hydrogen-bond acceptors (Lipinski definition) is 8. The number of benzene rings is 3. The highest BCUT2D eigenvalue weighted by molar-refractivity contribution is 8.27. The Labute approximate surface area is 224 Å². The van der Waals surface area contributed by atoms with Gasteiger partial charge in [0.2, 0.25) is 0 Å². The van der Waals surface area contributed by atoms with E-state index < -0.39 is 4.92 Å². The van der Waals surface area contributed by atoms with Crippen molar-refractivity contribution in [3.05, 3.63) is 92.9 Å². The van der Waals surface area contributed by atoms with Gasteiger partial charge >= 0.3 is 0 Å². The van der Waals surface area contributed by atoms with Crippen LogP contribution in [0.1, 0.15) is 18.1 Å². The summed E-state index contributed by atoms with van der Waals surface area (Å²) in [6.07, 6.45) is 1.79. The highest BCUT2D eigenvalue weighted by atomic mass is 32.2. The minimum atomic E-state index is -0.439. The number of nitro groups is 1. The third kappa shape index (κ3) is 6.10. The number of amides is 1. The summed E-state index contributed by atoms with van der Waals surface area (Å²) in [6, 6.07) is 19.3. The summed E-state index contributed by atoms with van der Waals surface area (Å²) in [7, 11) is 3.92. The number of nitro benzene ring substituents is 1. The first kappa shape index (κ1) is 26.2. The molecular weight excluding hydrogens is 510 g/mol. The monoisotopic (exact) mass is 535 g/mol. The molecule has 10 heteroatoms. The van der Waals surface area contributed by atoms with E-state index >= 15 is 0 Å². The van der Waals surface area contributed by atoms with Gasteiger partial charge in [-0.05, 0) is 72.7 Å². The molecular formula is C27H25N3O5S2. The van der Waals surface area contributed by atoms with Gasteiger partial charge in [-0.25, -0.2) is 0 Å². The number of carbonyl (C=O) groups is 1. The molecule has 0 aromatic heterocycles. The number of ether oxygens (including phenoxy) is 2. The van der Waals surface area contributed by atoms with Gasteiger partial charge in [0.1, 0.15) is 6.61 Å². The predicted molar refractivity (Wildman–Crippen MR) is 151 cm³/mol. The lowest BCUT2D eigenvalue weighted by molar-refractivity contribution is -0.384. The fourth-order valence-corrected chi connectivity index (χ4v) is 4.92. The lowest BCUT2D eigenvalue weighted by Crippen LogP contribution is -2.27. The fraction of sp³-hybridized carbons (Fsp3) is 0.185. The molecule has 3 aromatic rings. The third-order valence-corrected chi connectivity index (χ3v) is 6.83. The summed E-state index contributed by atoms with van der Waals surface area (Å²) in [4.78, 5) is 27.6. The van der Waals surface area contributed by atoms with Crippen LogP contribution in [0.3, 0.4) is 0 Å². The van der Waals surface area contributed by atoms with Gasteiger partial charge in [-0.15, -0.1) is 0 Å². The molecule has 1 amide bonds. The van der Waals surface area contributed by atoms with E-state index in [-0.39, 0.29) is 18.2 Å². The Morgan fingerprint density at radius 3 is 2.35 bits per heavy atom. The number of anilines is 2. The van der Waals surface area contributed by atoms with Crippen LogP contribution in [-0.2, 0) is 11.4 Å². The van der Waals surface area contributed by atoms with Gasteiger partial charge in [-0.1, -0.05) is 30.0 Å². The number of rotatable bonds is 9. The maximum Gasteiger partial charge on any atom is 0.270 e. The van der Waals surface area contributed by atoms with Crippen LogP contribution in [0, 0.1) is 10.1 Å². The summed E-state index contributed by atoms with van der Waals surface area (Å²) < 4.78 is 12.2. The molecule has 0 atom stereocenters. The van der Waals surface area contributed by atoms with Crippen LogP contribution in [0.15, 0.2) is 71.6 Å². The molecule has 4 rings (SSSR count). The second-order valence-corrected chi connectivity index (χ2v) is 9.96. The quantitative estimate of drug-likeness (QED) is 0.142. The van der Waals surface area contributed by atoms with E-state index in [1.807, 2.05) is 62.3 Å². The van der Waals surface area contributed by atoms with Gasteiger partial charge < -0.3 is 14.4 Å². The van der Waals surface area contributed by atoms with Crippen molar-refractivity contribution < 1.29 is 19.2 Å². The molecule has 0 spiro atoms. The van der Waals surface area contributed by atoms with Crippen LogP contribution >= 0.6 is 24.0 Å². The largest absolute Gasteiger partial charge is 0.490 e. The van der Waals surface area contributed by atoms with Gasteiger partial charge in [-0.3, -0.25) is 19.8 Å². The number of hydrogen-bond donors (Lipinski definition) is 0. The molecule has 1 saturated heterocycles. The van der Waals surface area contributed by atoms with Crippen molar-refractivity contribution in [1.29, 1.82) is 0 Å². The van der Waals surface area contributed by atoms with Crippen LogP contribution in [0.25, 0.3) is 6.08 Å². The second kappa shape index (κ2) is 11.4. The van der Waals surface area contributed by atoms with Crippen LogP contribution in [0.4, 0.5) is 17.1 Å². The third-order valence-electron chi connectivity index (χ3n) is 5.52. The Morgan fingerprint density at radius 1 is 1.03 bits per heavy atom. The van der Waals surface area contributed by atoms with Crippen molar-refractivity contribution in [2.45, 2.75) is 13.5 Å². The average molecular weight is 536 g/mol. The molecule has 0 radical (unpaired) electrons. The Balaban J connectivity index is 1.51. The SMILES string of the molecule is CCOc1cc(/C=C2/SC(=S)N(c3ccc(N(C)C)cc3)C2=O)ccc1OCc1ccc([N+](=O)[O-])cc1. The molecule has 190 valence electrons. The Hall–Kier alpha value is -3.89. The van der Waals surface area contributed by atoms with E-state index in [2.05, 4.69) is 0 Å². The number of thioether (sulfide) groups is 1. The summed E-state index contributed by atoms with van der Waals surface area (Å²) in [5.41, 5.74) is 3.35. The van der Waals surface area contributed by atoms with Crippen LogP contribution < -0.4 is 19.3 Å². The van der Waals surface area contributed by atoms with Crippen molar-refractivity contribution in [2.75, 3.05) is 30.5 Å². The van der Waals surface area contributed by atoms with E-state index in [1.165, 1.54) is 28.8 Å². The normalized spacial score (nSPS) is 14.2. The number of thiocarbonyl (C=S) groups is 1. The number of nitrogens with zero attached hydrogens (tertiary/aromatic N) is 3. The molecule has 0 saturated carbocycles. The lowest BCUT2D eigenvalue weighted by atomic mass is 10.1. The molecule has 0 N–H and O–H groups in total. The Morgan fingerprint density at radius 2 is 1.73 bits per heavy atom. The Kier molecular flexibility index (Phi) is 8.10. The molecule has 1 fully saturated rings. The van der Waals surface area contributed by atoms with Gasteiger partial charge in [0.15, 0.2) is 15.8 Å². The molecule has 0 unspecified atom stereocenters. The first-order valence-corrected chi connectivity index (χ1v) is 12.7. The summed E-state index contributed by atoms with van der Waals surface area (Å²) in [5.74, 6) is 0.892. The van der Waals surface area contributed by atoms with Crippen molar-refractivity contribution in [3.63, 3.8) is 0 Å². The standard InChI is InChI=1S/C27H25N3O5S2/c1-4-34-24-15-19(7-14-23(24)35-17-18-5-8-22(9-6-18)30(32)33)16-25-26(31)29(27(36)37-25)21-12-10-20(11-13-21)28(2)3/h5-16H,4,17H2,1-3H3/b25-16+. The highest BCUT2D eigenvalue weighted by Gasteiger charge is 2.33. The molecule has 0 bridgehead atoms. The summed E-state index contributed by atoms with van der Waals surface area (Å²) in [5, 5.41) is 10.8. The number of carbonyl (C=O) groups excluding carboxylic acids is 1. The van der Waals surface area contributed by atoms with Gasteiger partial charge in [-0.2, -0.15) is 0 Å². The molecule has 1 heterocycles. The maximum absolute atomic E-state index is 13.2. The summed E-state index contributed by atoms with van der Waals surface area (Å²) >= 11 is 6.76. The first-order valence-electron chi connectivity index (χ1n) is 11.4. The Bertz CT molecular complexity index is 1360. The lowest BCUT2D eigenvalue weighted by Gasteiger charge is -2.17. The first-order chi connectivity index (χ1) is 17.8. The fourth-order valence-electron chi connectivity index (χ4n) is 3.62. The molecule has 37 heavy (non-hydrogen) atoms. The average Bonchev–Trinajstić information content (AvgIpc) is 3.16. The van der Waals surface area contributed by atoms with E-state index in [1.54, 1.807) is 24.3 Å². The molecule has 0 aliphatic carbocycles. The van der Waals surface area contributed by atoms with Crippen LogP contribution in [0.2, 0.25) is 0 Å². The van der Waals surface area contributed by atoms with Crippen LogP contribution in [0.5, 0.6) is 11.5 Å². The van der Waals surface area contributed by atoms with Gasteiger partial charge in [0.05, 0.1) is 22.1 Å². The van der Waals surface area contributed by atoms with Gasteiger partial charge in [0.25, 0.3) is 11.6 Å². The van der Waals surface area contributed by atoms with Gasteiger partial charge in [0, 0.05) is 31.9 Å². The van der Waals surface area contributed by atoms with Crippen molar-refractivity contribution in [2.24, 2.45) is 0 Å². The highest BCUT2D eigenvalue weighted by Crippen LogP contribution is 2.38. The molecule has 8 nitrogen and oxygen atoms in total. The van der Waals surface area contributed by atoms with Crippen molar-refractivity contribution >= 4 is 57.3 Å². The minimum Gasteiger partial charge on any atom is -0.490 e. The maximum atomic E-state index is 13.2. The van der Waals surface area contributed by atoms with Crippen LogP contribution in [-0.4, -0.2) is 35.9 Å². The molecule has 3 aromatic carbocycles. The summed E-state index contributed by atoms with van der Waals surface area (Å²) in [6.45, 7) is 2.53. The van der Waals surface area contributed by atoms with E-state index in [0.717, 1.165) is 22.5 Å². The van der Waals surface area contributed by atoms with Crippen molar-refractivity contribution in [3.8, 4) is 11.5 Å². The molecule has 1 aliphatic rings. The predicted octanol–water partition coefficient (Wildman–Crippen LogP) is 6.04. The zero-order valence-corrected chi connectivity index (χ0v) is 22.2. The van der Waals surface area contributed by atoms with Crippen molar-refractivity contribution in [1.82, 2.24) is 0 Å². The van der Waals surface area contributed by atoms with E-state index in [9.17, 15) is 14.9 Å². The molecule has 1 aliphatic heterocycles.